The highest BCUT2D eigenvalue weighted by atomic mass is 16.5. The third kappa shape index (κ3) is 5.33. The Labute approximate surface area is 167 Å². The van der Waals surface area contributed by atoms with Crippen LogP contribution < -0.4 is 14.4 Å². The highest BCUT2D eigenvalue weighted by molar-refractivity contribution is 5.42. The first-order valence-corrected chi connectivity index (χ1v) is 9.62. The van der Waals surface area contributed by atoms with Gasteiger partial charge in [0.15, 0.2) is 11.5 Å². The Kier molecular flexibility index (Phi) is 7.06. The van der Waals surface area contributed by atoms with E-state index in [1.54, 1.807) is 14.2 Å². The van der Waals surface area contributed by atoms with Crippen molar-refractivity contribution in [3.05, 3.63) is 41.7 Å². The summed E-state index contributed by atoms with van der Waals surface area (Å²) in [6, 6.07) is 6.07. The largest absolute Gasteiger partial charge is 0.493 e. The standard InChI is InChI=1S/C21H30N4O3/c1-24(2)21-22-11-17(12-23-21)14-25(15-18-6-5-9-28-18)13-16-7-8-19(26-3)20(10-16)27-4/h7-8,10-12,18H,5-6,9,13-15H2,1-4H3/t18-/m0/s1. The number of benzene rings is 1. The molecule has 28 heavy (non-hydrogen) atoms. The van der Waals surface area contributed by atoms with Gasteiger partial charge in [0.1, 0.15) is 0 Å². The van der Waals surface area contributed by atoms with Crippen molar-refractivity contribution in [2.45, 2.75) is 32.0 Å². The average Bonchev–Trinajstić information content (AvgIpc) is 3.21. The fraction of sp³-hybridized carbons (Fsp3) is 0.524. The quantitative estimate of drug-likeness (QED) is 0.657. The van der Waals surface area contributed by atoms with Gasteiger partial charge in [-0.05, 0) is 30.5 Å². The van der Waals surface area contributed by atoms with E-state index in [0.29, 0.717) is 5.95 Å². The molecule has 7 heteroatoms. The molecule has 152 valence electrons. The van der Waals surface area contributed by atoms with Crippen LogP contribution in [0, 0.1) is 0 Å². The molecule has 0 bridgehead atoms. The molecule has 3 rings (SSSR count). The lowest BCUT2D eigenvalue weighted by Crippen LogP contribution is -2.31. The third-order valence-electron chi connectivity index (χ3n) is 4.84. The number of rotatable bonds is 9. The van der Waals surface area contributed by atoms with E-state index >= 15 is 0 Å². The summed E-state index contributed by atoms with van der Waals surface area (Å²) in [6.45, 7) is 3.29. The lowest BCUT2D eigenvalue weighted by molar-refractivity contribution is 0.0678. The normalized spacial score (nSPS) is 16.4. The second-order valence-electron chi connectivity index (χ2n) is 7.28. The van der Waals surface area contributed by atoms with E-state index in [9.17, 15) is 0 Å². The molecule has 0 radical (unpaired) electrons. The number of anilines is 1. The summed E-state index contributed by atoms with van der Waals surface area (Å²) in [4.78, 5) is 13.2. The maximum atomic E-state index is 5.87. The van der Waals surface area contributed by atoms with E-state index in [0.717, 1.165) is 56.1 Å². The third-order valence-corrected chi connectivity index (χ3v) is 4.84. The number of methoxy groups -OCH3 is 2. The fourth-order valence-corrected chi connectivity index (χ4v) is 3.42. The lowest BCUT2D eigenvalue weighted by Gasteiger charge is -2.25. The lowest BCUT2D eigenvalue weighted by atomic mass is 10.1. The Bertz CT molecular complexity index is 746. The monoisotopic (exact) mass is 386 g/mol. The predicted octanol–water partition coefficient (Wildman–Crippen LogP) is 2.74. The van der Waals surface area contributed by atoms with E-state index in [4.69, 9.17) is 14.2 Å². The molecule has 0 aliphatic carbocycles. The Morgan fingerprint density at radius 1 is 1.04 bits per heavy atom. The average molecular weight is 386 g/mol. The van der Waals surface area contributed by atoms with Crippen molar-refractivity contribution in [1.29, 1.82) is 0 Å². The minimum absolute atomic E-state index is 0.280. The van der Waals surface area contributed by atoms with Gasteiger partial charge < -0.3 is 19.1 Å². The molecule has 1 aromatic heterocycles. The molecule has 0 N–H and O–H groups in total. The highest BCUT2D eigenvalue weighted by Crippen LogP contribution is 2.28. The van der Waals surface area contributed by atoms with Crippen LogP contribution in [-0.4, -0.2) is 62.4 Å². The molecule has 1 fully saturated rings. The minimum Gasteiger partial charge on any atom is -0.493 e. The maximum absolute atomic E-state index is 5.87. The molecule has 0 unspecified atom stereocenters. The van der Waals surface area contributed by atoms with Crippen molar-refractivity contribution in [1.82, 2.24) is 14.9 Å². The van der Waals surface area contributed by atoms with Crippen molar-refractivity contribution in [3.8, 4) is 11.5 Å². The van der Waals surface area contributed by atoms with E-state index < -0.39 is 0 Å². The maximum Gasteiger partial charge on any atom is 0.224 e. The molecule has 1 aromatic carbocycles. The molecule has 0 amide bonds. The molecular weight excluding hydrogens is 356 g/mol. The first kappa shape index (κ1) is 20.4. The summed E-state index contributed by atoms with van der Waals surface area (Å²) < 4.78 is 16.7. The van der Waals surface area contributed by atoms with Gasteiger partial charge in [0, 0.05) is 58.3 Å². The fourth-order valence-electron chi connectivity index (χ4n) is 3.42. The van der Waals surface area contributed by atoms with Gasteiger partial charge in [-0.1, -0.05) is 6.07 Å². The second kappa shape index (κ2) is 9.71. The van der Waals surface area contributed by atoms with Gasteiger partial charge in [-0.2, -0.15) is 0 Å². The molecule has 1 aliphatic heterocycles. The Morgan fingerprint density at radius 2 is 1.75 bits per heavy atom. The zero-order valence-electron chi connectivity index (χ0n) is 17.2. The van der Waals surface area contributed by atoms with E-state index in [1.165, 1.54) is 5.56 Å². The molecule has 1 aliphatic rings. The molecule has 0 spiro atoms. The number of ether oxygens (including phenoxy) is 3. The van der Waals surface area contributed by atoms with Gasteiger partial charge in [-0.3, -0.25) is 4.90 Å². The van der Waals surface area contributed by atoms with Crippen LogP contribution in [0.2, 0.25) is 0 Å². The van der Waals surface area contributed by atoms with Crippen LogP contribution in [0.15, 0.2) is 30.6 Å². The van der Waals surface area contributed by atoms with Crippen LogP contribution in [0.4, 0.5) is 5.95 Å². The number of hydrogen-bond acceptors (Lipinski definition) is 7. The van der Waals surface area contributed by atoms with Crippen molar-refractivity contribution in [2.24, 2.45) is 0 Å². The summed E-state index contributed by atoms with van der Waals surface area (Å²) in [5.41, 5.74) is 2.26. The topological polar surface area (TPSA) is 60.0 Å². The van der Waals surface area contributed by atoms with E-state index in [2.05, 4.69) is 20.9 Å². The first-order chi connectivity index (χ1) is 13.6. The smallest absolute Gasteiger partial charge is 0.224 e. The number of hydrogen-bond donors (Lipinski definition) is 0. The number of nitrogens with zero attached hydrogens (tertiary/aromatic N) is 4. The van der Waals surface area contributed by atoms with Crippen LogP contribution in [0.1, 0.15) is 24.0 Å². The summed E-state index contributed by atoms with van der Waals surface area (Å²) in [7, 11) is 7.19. The summed E-state index contributed by atoms with van der Waals surface area (Å²) in [5, 5.41) is 0. The molecule has 1 saturated heterocycles. The van der Waals surface area contributed by atoms with Crippen molar-refractivity contribution < 1.29 is 14.2 Å². The minimum atomic E-state index is 0.280. The number of aromatic nitrogens is 2. The molecule has 7 nitrogen and oxygen atoms in total. The van der Waals surface area contributed by atoms with Gasteiger partial charge in [-0.25, -0.2) is 9.97 Å². The van der Waals surface area contributed by atoms with E-state index in [-0.39, 0.29) is 6.10 Å². The van der Waals surface area contributed by atoms with Crippen LogP contribution in [0.5, 0.6) is 11.5 Å². The SMILES string of the molecule is COc1ccc(CN(Cc2cnc(N(C)C)nc2)C[C@@H]2CCCO2)cc1OC. The zero-order valence-corrected chi connectivity index (χ0v) is 17.2. The summed E-state index contributed by atoms with van der Waals surface area (Å²) >= 11 is 0. The molecule has 1 atom stereocenters. The summed E-state index contributed by atoms with van der Waals surface area (Å²) in [5.74, 6) is 2.20. The summed E-state index contributed by atoms with van der Waals surface area (Å²) in [6.07, 6.45) is 6.33. The van der Waals surface area contributed by atoms with Gasteiger partial charge >= 0.3 is 0 Å². The van der Waals surface area contributed by atoms with Crippen LogP contribution >= 0.6 is 0 Å². The first-order valence-electron chi connectivity index (χ1n) is 9.62. The second-order valence-corrected chi connectivity index (χ2v) is 7.28. The van der Waals surface area contributed by atoms with Crippen molar-refractivity contribution >= 4 is 5.95 Å². The highest BCUT2D eigenvalue weighted by Gasteiger charge is 2.20. The Balaban J connectivity index is 1.74. The molecule has 2 heterocycles. The van der Waals surface area contributed by atoms with Gasteiger partial charge in [-0.15, -0.1) is 0 Å². The van der Waals surface area contributed by atoms with E-state index in [1.807, 2.05) is 43.5 Å². The molecule has 0 saturated carbocycles. The van der Waals surface area contributed by atoms with Crippen molar-refractivity contribution in [2.75, 3.05) is 46.4 Å². The van der Waals surface area contributed by atoms with Crippen LogP contribution in [-0.2, 0) is 17.8 Å². The van der Waals surface area contributed by atoms with Crippen LogP contribution in [0.3, 0.4) is 0 Å². The predicted molar refractivity (Wildman–Crippen MR) is 109 cm³/mol. The van der Waals surface area contributed by atoms with Gasteiger partial charge in [0.05, 0.1) is 20.3 Å². The molecular formula is C21H30N4O3. The van der Waals surface area contributed by atoms with Gasteiger partial charge in [0.25, 0.3) is 0 Å². The van der Waals surface area contributed by atoms with Gasteiger partial charge in [0.2, 0.25) is 5.95 Å². The Morgan fingerprint density at radius 3 is 2.36 bits per heavy atom. The Hall–Kier alpha value is -2.38. The zero-order chi connectivity index (χ0) is 19.9. The van der Waals surface area contributed by atoms with Crippen LogP contribution in [0.25, 0.3) is 0 Å². The van der Waals surface area contributed by atoms with Crippen molar-refractivity contribution in [3.63, 3.8) is 0 Å². The molecule has 2 aromatic rings.